The van der Waals surface area contributed by atoms with E-state index in [0.717, 1.165) is 24.0 Å². The summed E-state index contributed by atoms with van der Waals surface area (Å²) < 4.78 is 0. The molecule has 2 heteroatoms. The molecule has 0 spiro atoms. The van der Waals surface area contributed by atoms with Gasteiger partial charge in [0, 0.05) is 17.0 Å². The molecule has 1 nitrogen and oxygen atoms in total. The van der Waals surface area contributed by atoms with Crippen LogP contribution in [-0.4, -0.2) is 5.78 Å². The van der Waals surface area contributed by atoms with Gasteiger partial charge in [-0.2, -0.15) is 0 Å². The number of Topliss-reactive ketones (excluding diaryl/α,β-unsaturated/α-hetero) is 1. The number of rotatable bonds is 5. The smallest absolute Gasteiger partial charge is 0.162 e. The van der Waals surface area contributed by atoms with E-state index in [4.69, 9.17) is 11.6 Å². The summed E-state index contributed by atoms with van der Waals surface area (Å²) in [5, 5.41) is 0.706. The van der Waals surface area contributed by atoms with E-state index < -0.39 is 0 Å². The maximum Gasteiger partial charge on any atom is 0.162 e. The molecule has 0 aromatic heterocycles. The summed E-state index contributed by atoms with van der Waals surface area (Å²) >= 11 is 5.89. The molecule has 0 radical (unpaired) electrons. The van der Waals surface area contributed by atoms with Crippen LogP contribution in [0.4, 0.5) is 0 Å². The summed E-state index contributed by atoms with van der Waals surface area (Å²) in [5.41, 5.74) is 1.70. The highest BCUT2D eigenvalue weighted by Crippen LogP contribution is 2.17. The van der Waals surface area contributed by atoms with E-state index in [0.29, 0.717) is 11.4 Å². The van der Waals surface area contributed by atoms with Gasteiger partial charge in [0.05, 0.1) is 0 Å². The van der Waals surface area contributed by atoms with Crippen molar-refractivity contribution in [3.63, 3.8) is 0 Å². The molecule has 0 saturated heterocycles. The molecule has 0 fully saturated rings. The summed E-state index contributed by atoms with van der Waals surface area (Å²) in [6.45, 7) is 5.53. The van der Waals surface area contributed by atoms with Gasteiger partial charge in [-0.25, -0.2) is 0 Å². The highest BCUT2D eigenvalue weighted by molar-refractivity contribution is 6.31. The van der Waals surface area contributed by atoms with Gasteiger partial charge < -0.3 is 0 Å². The number of halogens is 1. The van der Waals surface area contributed by atoms with Gasteiger partial charge in [0.2, 0.25) is 0 Å². The fraction of sp³-hybridized carbons (Fsp3) is 0.308. The third-order valence-electron chi connectivity index (χ3n) is 2.29. The molecule has 0 aliphatic rings. The van der Waals surface area contributed by atoms with Crippen LogP contribution in [-0.2, 0) is 0 Å². The molecule has 0 unspecified atom stereocenters. The normalized spacial score (nSPS) is 10.0. The Morgan fingerprint density at radius 3 is 2.87 bits per heavy atom. The van der Waals surface area contributed by atoms with Crippen LogP contribution < -0.4 is 0 Å². The molecule has 0 heterocycles. The summed E-state index contributed by atoms with van der Waals surface area (Å²) in [6.07, 6.45) is 4.16. The summed E-state index contributed by atoms with van der Waals surface area (Å²) in [6, 6.07) is 5.40. The van der Waals surface area contributed by atoms with Crippen LogP contribution in [0.3, 0.4) is 0 Å². The SMILES string of the molecule is C=CCCCC(=O)c1ccc(Cl)c(C)c1. The highest BCUT2D eigenvalue weighted by atomic mass is 35.5. The lowest BCUT2D eigenvalue weighted by Gasteiger charge is -2.02. The summed E-state index contributed by atoms with van der Waals surface area (Å²) in [5.74, 6) is 0.177. The molecule has 0 N–H and O–H groups in total. The van der Waals surface area contributed by atoms with Gasteiger partial charge in [-0.05, 0) is 43.5 Å². The monoisotopic (exact) mass is 222 g/mol. The number of unbranched alkanes of at least 4 members (excludes halogenated alkanes) is 1. The van der Waals surface area contributed by atoms with Gasteiger partial charge in [0.15, 0.2) is 5.78 Å². The number of hydrogen-bond acceptors (Lipinski definition) is 1. The Morgan fingerprint density at radius 2 is 2.27 bits per heavy atom. The van der Waals surface area contributed by atoms with Crippen LogP contribution in [0.1, 0.15) is 35.2 Å². The maximum absolute atomic E-state index is 11.7. The molecule has 0 amide bonds. The molecule has 0 atom stereocenters. The zero-order valence-corrected chi connectivity index (χ0v) is 9.68. The van der Waals surface area contributed by atoms with Crippen LogP contribution in [0.5, 0.6) is 0 Å². The van der Waals surface area contributed by atoms with E-state index in [9.17, 15) is 4.79 Å². The third kappa shape index (κ3) is 3.52. The minimum Gasteiger partial charge on any atom is -0.294 e. The Balaban J connectivity index is 2.65. The Morgan fingerprint density at radius 1 is 1.53 bits per heavy atom. The van der Waals surface area contributed by atoms with Crippen LogP contribution in [0, 0.1) is 6.92 Å². The van der Waals surface area contributed by atoms with Crippen molar-refractivity contribution in [2.45, 2.75) is 26.2 Å². The van der Waals surface area contributed by atoms with Crippen LogP contribution >= 0.6 is 11.6 Å². The highest BCUT2D eigenvalue weighted by Gasteiger charge is 2.06. The predicted molar refractivity (Wildman–Crippen MR) is 64.6 cm³/mol. The van der Waals surface area contributed by atoms with Crippen LogP contribution in [0.25, 0.3) is 0 Å². The Hall–Kier alpha value is -1.08. The first kappa shape index (κ1) is 12.0. The number of ketones is 1. The van der Waals surface area contributed by atoms with Gasteiger partial charge in [-0.1, -0.05) is 17.7 Å². The average Bonchev–Trinajstić information content (AvgIpc) is 2.22. The summed E-state index contributed by atoms with van der Waals surface area (Å²) in [4.78, 5) is 11.7. The lowest BCUT2D eigenvalue weighted by atomic mass is 10.0. The zero-order valence-electron chi connectivity index (χ0n) is 8.92. The first-order valence-corrected chi connectivity index (χ1v) is 5.43. The number of aryl methyl sites for hydroxylation is 1. The molecule has 15 heavy (non-hydrogen) atoms. The molecule has 1 aromatic rings. The van der Waals surface area contributed by atoms with E-state index >= 15 is 0 Å². The zero-order chi connectivity index (χ0) is 11.3. The molecular formula is C13H15ClO. The molecule has 80 valence electrons. The van der Waals surface area contributed by atoms with Crippen molar-refractivity contribution in [2.24, 2.45) is 0 Å². The van der Waals surface area contributed by atoms with Crippen molar-refractivity contribution in [3.8, 4) is 0 Å². The van der Waals surface area contributed by atoms with Crippen molar-refractivity contribution in [1.29, 1.82) is 0 Å². The Labute approximate surface area is 95.8 Å². The van der Waals surface area contributed by atoms with Gasteiger partial charge in [0.1, 0.15) is 0 Å². The van der Waals surface area contributed by atoms with E-state index in [1.165, 1.54) is 0 Å². The molecule has 0 bridgehead atoms. The molecular weight excluding hydrogens is 208 g/mol. The lowest BCUT2D eigenvalue weighted by Crippen LogP contribution is -1.99. The van der Waals surface area contributed by atoms with Crippen molar-refractivity contribution in [3.05, 3.63) is 47.0 Å². The standard InChI is InChI=1S/C13H15ClO/c1-3-4-5-6-13(15)11-7-8-12(14)10(2)9-11/h3,7-9H,1,4-6H2,2H3. The van der Waals surface area contributed by atoms with Gasteiger partial charge in [-0.15, -0.1) is 6.58 Å². The predicted octanol–water partition coefficient (Wildman–Crippen LogP) is 4.19. The molecule has 1 rings (SSSR count). The second-order valence-corrected chi connectivity index (χ2v) is 3.98. The maximum atomic E-state index is 11.7. The molecule has 0 saturated carbocycles. The van der Waals surface area contributed by atoms with Gasteiger partial charge >= 0.3 is 0 Å². The van der Waals surface area contributed by atoms with Crippen molar-refractivity contribution in [2.75, 3.05) is 0 Å². The first-order valence-electron chi connectivity index (χ1n) is 5.05. The number of benzene rings is 1. The largest absolute Gasteiger partial charge is 0.294 e. The minimum absolute atomic E-state index is 0.177. The quantitative estimate of drug-likeness (QED) is 0.415. The second kappa shape index (κ2) is 5.72. The molecule has 1 aromatic carbocycles. The van der Waals surface area contributed by atoms with Crippen LogP contribution in [0.2, 0.25) is 5.02 Å². The fourth-order valence-electron chi connectivity index (χ4n) is 1.37. The summed E-state index contributed by atoms with van der Waals surface area (Å²) in [7, 11) is 0. The number of carbonyl (C=O) groups excluding carboxylic acids is 1. The van der Waals surface area contributed by atoms with E-state index in [1.807, 2.05) is 19.1 Å². The Kier molecular flexibility index (Phi) is 4.57. The number of hydrogen-bond donors (Lipinski definition) is 0. The lowest BCUT2D eigenvalue weighted by molar-refractivity contribution is 0.0980. The second-order valence-electron chi connectivity index (χ2n) is 3.57. The van der Waals surface area contributed by atoms with Crippen molar-refractivity contribution >= 4 is 17.4 Å². The first-order chi connectivity index (χ1) is 7.15. The van der Waals surface area contributed by atoms with E-state index in [-0.39, 0.29) is 5.78 Å². The topological polar surface area (TPSA) is 17.1 Å². The van der Waals surface area contributed by atoms with Gasteiger partial charge in [0.25, 0.3) is 0 Å². The number of carbonyl (C=O) groups is 1. The average molecular weight is 223 g/mol. The van der Waals surface area contributed by atoms with E-state index in [1.54, 1.807) is 12.1 Å². The molecule has 0 aliphatic heterocycles. The molecule has 0 aliphatic carbocycles. The third-order valence-corrected chi connectivity index (χ3v) is 2.72. The fourth-order valence-corrected chi connectivity index (χ4v) is 1.49. The minimum atomic E-state index is 0.177. The van der Waals surface area contributed by atoms with Crippen molar-refractivity contribution < 1.29 is 4.79 Å². The van der Waals surface area contributed by atoms with Crippen LogP contribution in [0.15, 0.2) is 30.9 Å². The van der Waals surface area contributed by atoms with Gasteiger partial charge in [-0.3, -0.25) is 4.79 Å². The van der Waals surface area contributed by atoms with E-state index in [2.05, 4.69) is 6.58 Å². The van der Waals surface area contributed by atoms with Crippen molar-refractivity contribution in [1.82, 2.24) is 0 Å². The Bertz CT molecular complexity index is 369. The number of allylic oxidation sites excluding steroid dienone is 1.